The van der Waals surface area contributed by atoms with Crippen molar-refractivity contribution < 1.29 is 14.3 Å². The number of ether oxygens (including phenoxy) is 1. The van der Waals surface area contributed by atoms with Crippen LogP contribution < -0.4 is 10.5 Å². The van der Waals surface area contributed by atoms with Crippen molar-refractivity contribution in [2.24, 2.45) is 11.8 Å². The van der Waals surface area contributed by atoms with E-state index in [1.54, 1.807) is 14.0 Å². The summed E-state index contributed by atoms with van der Waals surface area (Å²) in [6, 6.07) is 15.8. The molecule has 1 aliphatic heterocycles. The number of Topliss-reactive ketones (excluding diaryl/α,β-unsaturated/α-hetero) is 2. The summed E-state index contributed by atoms with van der Waals surface area (Å²) in [6.45, 7) is 6.30. The van der Waals surface area contributed by atoms with E-state index in [4.69, 9.17) is 10.5 Å². The zero-order valence-electron chi connectivity index (χ0n) is 18.8. The topological polar surface area (TPSA) is 72.6 Å². The second kappa shape index (κ2) is 10.6. The summed E-state index contributed by atoms with van der Waals surface area (Å²) in [6.07, 6.45) is 1.99. The molecule has 0 spiro atoms. The number of rotatable bonds is 9. The van der Waals surface area contributed by atoms with Crippen LogP contribution in [0.15, 0.2) is 48.5 Å². The highest BCUT2D eigenvalue weighted by Gasteiger charge is 2.34. The monoisotopic (exact) mass is 422 g/mol. The maximum Gasteiger partial charge on any atom is 0.140 e. The van der Waals surface area contributed by atoms with E-state index in [0.717, 1.165) is 43.8 Å². The third kappa shape index (κ3) is 6.17. The van der Waals surface area contributed by atoms with Crippen LogP contribution in [0.25, 0.3) is 0 Å². The lowest BCUT2D eigenvalue weighted by atomic mass is 9.75. The molecular formula is C26H34N2O3. The molecule has 0 amide bonds. The largest absolute Gasteiger partial charge is 0.497 e. The summed E-state index contributed by atoms with van der Waals surface area (Å²) in [5.41, 5.74) is 8.82. The first-order valence-corrected chi connectivity index (χ1v) is 11.1. The number of carbonyl (C=O) groups is 2. The van der Waals surface area contributed by atoms with E-state index in [1.165, 1.54) is 5.56 Å². The molecule has 166 valence electrons. The summed E-state index contributed by atoms with van der Waals surface area (Å²) in [5, 5.41) is 0. The number of nitrogens with two attached hydrogens (primary N) is 1. The van der Waals surface area contributed by atoms with Crippen molar-refractivity contribution in [2.75, 3.05) is 25.9 Å². The van der Waals surface area contributed by atoms with Crippen LogP contribution in [0, 0.1) is 11.8 Å². The summed E-state index contributed by atoms with van der Waals surface area (Å²) < 4.78 is 5.23. The average molecular weight is 423 g/mol. The number of ketones is 2. The third-order valence-electron chi connectivity index (χ3n) is 6.49. The van der Waals surface area contributed by atoms with Crippen LogP contribution in [-0.4, -0.2) is 36.7 Å². The Balaban J connectivity index is 1.61. The van der Waals surface area contributed by atoms with Gasteiger partial charge in [-0.2, -0.15) is 0 Å². The zero-order chi connectivity index (χ0) is 22.4. The summed E-state index contributed by atoms with van der Waals surface area (Å²) in [7, 11) is 1.67. The normalized spacial score (nSPS) is 17.1. The van der Waals surface area contributed by atoms with Gasteiger partial charge in [-0.1, -0.05) is 31.2 Å². The van der Waals surface area contributed by atoms with Gasteiger partial charge in [0, 0.05) is 30.5 Å². The molecule has 0 aliphatic carbocycles. The molecule has 5 nitrogen and oxygen atoms in total. The molecule has 2 aromatic rings. The van der Waals surface area contributed by atoms with Gasteiger partial charge in [-0.25, -0.2) is 0 Å². The lowest BCUT2D eigenvalue weighted by Gasteiger charge is -2.34. The first-order valence-electron chi connectivity index (χ1n) is 11.1. The predicted octanol–water partition coefficient (Wildman–Crippen LogP) is 4.46. The van der Waals surface area contributed by atoms with E-state index in [1.807, 2.05) is 36.4 Å². The predicted molar refractivity (Wildman–Crippen MR) is 124 cm³/mol. The number of anilines is 1. The number of methoxy groups -OCH3 is 1. The second-order valence-electron chi connectivity index (χ2n) is 8.77. The molecule has 0 saturated carbocycles. The molecule has 0 unspecified atom stereocenters. The summed E-state index contributed by atoms with van der Waals surface area (Å²) in [4.78, 5) is 27.8. The van der Waals surface area contributed by atoms with Gasteiger partial charge in [0.2, 0.25) is 0 Å². The van der Waals surface area contributed by atoms with Crippen LogP contribution in [0.5, 0.6) is 5.75 Å². The van der Waals surface area contributed by atoms with Gasteiger partial charge < -0.3 is 15.3 Å². The van der Waals surface area contributed by atoms with E-state index in [-0.39, 0.29) is 29.3 Å². The first kappa shape index (κ1) is 23.0. The van der Waals surface area contributed by atoms with Crippen molar-refractivity contribution in [1.29, 1.82) is 0 Å². The Morgan fingerprint density at radius 1 is 1.06 bits per heavy atom. The van der Waals surface area contributed by atoms with Crippen molar-refractivity contribution in [3.63, 3.8) is 0 Å². The van der Waals surface area contributed by atoms with Crippen LogP contribution in [0.4, 0.5) is 5.69 Å². The molecule has 0 aromatic heterocycles. The van der Waals surface area contributed by atoms with E-state index in [0.29, 0.717) is 12.1 Å². The number of likely N-dealkylation sites (tertiary alicyclic amines) is 1. The zero-order valence-corrected chi connectivity index (χ0v) is 18.8. The molecule has 1 saturated heterocycles. The number of hydrogen-bond acceptors (Lipinski definition) is 5. The van der Waals surface area contributed by atoms with Gasteiger partial charge in [-0.05, 0) is 74.2 Å². The van der Waals surface area contributed by atoms with E-state index in [9.17, 15) is 9.59 Å². The molecule has 1 fully saturated rings. The highest BCUT2D eigenvalue weighted by atomic mass is 16.5. The Morgan fingerprint density at radius 3 is 2.23 bits per heavy atom. The van der Waals surface area contributed by atoms with Crippen molar-refractivity contribution in [2.45, 2.75) is 45.6 Å². The summed E-state index contributed by atoms with van der Waals surface area (Å²) >= 11 is 0. The SMILES string of the molecule is COc1ccc(CN2CCC(C(=O)[C@H](CC(C)=O)[C@@H](C)c3ccc(N)cc3)CC2)cc1. The maximum absolute atomic E-state index is 13.4. The fourth-order valence-electron chi connectivity index (χ4n) is 4.53. The Kier molecular flexibility index (Phi) is 7.85. The highest BCUT2D eigenvalue weighted by molar-refractivity contribution is 5.89. The molecule has 0 bridgehead atoms. The standard InChI is InChI=1S/C26H34N2O3/c1-18(29)16-25(19(2)21-6-8-23(27)9-7-21)26(30)22-12-14-28(15-13-22)17-20-4-10-24(31-3)11-5-20/h4-11,19,22,25H,12-17,27H2,1-3H3/t19-,25+/m0/s1. The molecule has 1 heterocycles. The fraction of sp³-hybridized carbons (Fsp3) is 0.462. The molecule has 5 heteroatoms. The minimum Gasteiger partial charge on any atom is -0.497 e. The molecule has 0 radical (unpaired) electrons. The van der Waals surface area contributed by atoms with Crippen molar-refractivity contribution >= 4 is 17.3 Å². The lowest BCUT2D eigenvalue weighted by Crippen LogP contribution is -2.39. The molecular weight excluding hydrogens is 388 g/mol. The Hall–Kier alpha value is -2.66. The minimum atomic E-state index is -0.278. The smallest absolute Gasteiger partial charge is 0.140 e. The quantitative estimate of drug-likeness (QED) is 0.604. The van der Waals surface area contributed by atoms with Gasteiger partial charge in [-0.15, -0.1) is 0 Å². The first-order chi connectivity index (χ1) is 14.9. The molecule has 1 aliphatic rings. The van der Waals surface area contributed by atoms with Gasteiger partial charge in [0.1, 0.15) is 17.3 Å². The van der Waals surface area contributed by atoms with Crippen LogP contribution in [0.2, 0.25) is 0 Å². The number of nitrogen functional groups attached to an aromatic ring is 1. The van der Waals surface area contributed by atoms with E-state index in [2.05, 4.69) is 24.0 Å². The van der Waals surface area contributed by atoms with Crippen LogP contribution in [0.3, 0.4) is 0 Å². The fourth-order valence-corrected chi connectivity index (χ4v) is 4.53. The number of carbonyl (C=O) groups excluding carboxylic acids is 2. The maximum atomic E-state index is 13.4. The van der Waals surface area contributed by atoms with Gasteiger partial charge in [0.25, 0.3) is 0 Å². The van der Waals surface area contributed by atoms with Gasteiger partial charge in [0.15, 0.2) is 0 Å². The summed E-state index contributed by atoms with van der Waals surface area (Å²) in [5.74, 6) is 0.905. The van der Waals surface area contributed by atoms with Crippen LogP contribution >= 0.6 is 0 Å². The Labute approximate surface area is 185 Å². The van der Waals surface area contributed by atoms with E-state index >= 15 is 0 Å². The van der Waals surface area contributed by atoms with Gasteiger partial charge >= 0.3 is 0 Å². The average Bonchev–Trinajstić information content (AvgIpc) is 2.78. The molecule has 3 rings (SSSR count). The van der Waals surface area contributed by atoms with E-state index < -0.39 is 0 Å². The van der Waals surface area contributed by atoms with Crippen LogP contribution in [-0.2, 0) is 16.1 Å². The number of benzene rings is 2. The van der Waals surface area contributed by atoms with Gasteiger partial charge in [0.05, 0.1) is 7.11 Å². The lowest BCUT2D eigenvalue weighted by molar-refractivity contribution is -0.132. The molecule has 2 aromatic carbocycles. The highest BCUT2D eigenvalue weighted by Crippen LogP contribution is 2.33. The van der Waals surface area contributed by atoms with Crippen molar-refractivity contribution in [3.8, 4) is 5.75 Å². The molecule has 31 heavy (non-hydrogen) atoms. The van der Waals surface area contributed by atoms with Crippen molar-refractivity contribution in [3.05, 3.63) is 59.7 Å². The molecule has 2 N–H and O–H groups in total. The van der Waals surface area contributed by atoms with Crippen molar-refractivity contribution in [1.82, 2.24) is 4.90 Å². The number of piperidine rings is 1. The van der Waals surface area contributed by atoms with Gasteiger partial charge in [-0.3, -0.25) is 9.69 Å². The Bertz CT molecular complexity index is 869. The number of nitrogens with zero attached hydrogens (tertiary/aromatic N) is 1. The Morgan fingerprint density at radius 2 is 1.68 bits per heavy atom. The number of hydrogen-bond donors (Lipinski definition) is 1. The van der Waals surface area contributed by atoms with Crippen LogP contribution in [0.1, 0.15) is 50.2 Å². The third-order valence-corrected chi connectivity index (χ3v) is 6.49. The second-order valence-corrected chi connectivity index (χ2v) is 8.77. The minimum absolute atomic E-state index is 0.00525. The molecule has 2 atom stereocenters.